The molecule has 0 aliphatic carbocycles. The SMILES string of the molecule is CCOC(=O)C1=C(CSc2nnc(-c3ccccc3)s2)Nc2nnnn2C1c1ccc(OCc2c(F)cccc2Cl)cc1. The van der Waals surface area contributed by atoms with Gasteiger partial charge in [0.05, 0.1) is 17.2 Å². The first kappa shape index (κ1) is 28.8. The van der Waals surface area contributed by atoms with Crippen LogP contribution in [0.2, 0.25) is 5.02 Å². The van der Waals surface area contributed by atoms with Gasteiger partial charge in [0.25, 0.3) is 0 Å². The zero-order valence-electron chi connectivity index (χ0n) is 22.6. The summed E-state index contributed by atoms with van der Waals surface area (Å²) >= 11 is 9.04. The van der Waals surface area contributed by atoms with Gasteiger partial charge in [0, 0.05) is 22.6 Å². The highest BCUT2D eigenvalue weighted by molar-refractivity contribution is 8.01. The van der Waals surface area contributed by atoms with Crippen LogP contribution in [0.4, 0.5) is 10.3 Å². The quantitative estimate of drug-likeness (QED) is 0.141. The second-order valence-electron chi connectivity index (χ2n) is 9.17. The fraction of sp³-hybridized carbons (Fsp3) is 0.172. The number of carbonyl (C=O) groups excluding carboxylic acids is 1. The van der Waals surface area contributed by atoms with E-state index in [4.69, 9.17) is 21.1 Å². The van der Waals surface area contributed by atoms with E-state index >= 15 is 0 Å². The molecule has 0 saturated heterocycles. The predicted molar refractivity (Wildman–Crippen MR) is 161 cm³/mol. The van der Waals surface area contributed by atoms with Crippen LogP contribution < -0.4 is 10.1 Å². The van der Waals surface area contributed by atoms with Gasteiger partial charge in [-0.2, -0.15) is 4.68 Å². The molecule has 0 fully saturated rings. The molecule has 0 amide bonds. The van der Waals surface area contributed by atoms with E-state index in [0.717, 1.165) is 20.5 Å². The maximum atomic E-state index is 14.2. The first-order valence-electron chi connectivity index (χ1n) is 13.1. The summed E-state index contributed by atoms with van der Waals surface area (Å²) in [7, 11) is 0. The molecule has 10 nitrogen and oxygen atoms in total. The predicted octanol–water partition coefficient (Wildman–Crippen LogP) is 6.19. The zero-order chi connectivity index (χ0) is 29.8. The summed E-state index contributed by atoms with van der Waals surface area (Å²) in [6, 6.07) is 20.7. The highest BCUT2D eigenvalue weighted by Crippen LogP contribution is 2.38. The average Bonchev–Trinajstić information content (AvgIpc) is 3.70. The number of thioether (sulfide) groups is 1. The van der Waals surface area contributed by atoms with Gasteiger partial charge in [-0.1, -0.05) is 88.3 Å². The van der Waals surface area contributed by atoms with Gasteiger partial charge >= 0.3 is 5.97 Å². The number of aromatic nitrogens is 6. The number of anilines is 1. The number of hydrogen-bond donors (Lipinski definition) is 1. The number of fused-ring (bicyclic) bond motifs is 1. The second kappa shape index (κ2) is 12.9. The summed E-state index contributed by atoms with van der Waals surface area (Å²) in [6.45, 7) is 1.91. The summed E-state index contributed by atoms with van der Waals surface area (Å²) in [5.41, 5.74) is 2.94. The largest absolute Gasteiger partial charge is 0.489 e. The van der Waals surface area contributed by atoms with Gasteiger partial charge in [-0.25, -0.2) is 9.18 Å². The number of nitrogens with one attached hydrogen (secondary N) is 1. The van der Waals surface area contributed by atoms with Crippen LogP contribution in [0, 0.1) is 5.82 Å². The van der Waals surface area contributed by atoms with E-state index in [9.17, 15) is 9.18 Å². The Morgan fingerprint density at radius 2 is 1.88 bits per heavy atom. The maximum absolute atomic E-state index is 14.2. The molecule has 5 aromatic rings. The molecule has 1 atom stereocenters. The molecule has 0 spiro atoms. The van der Waals surface area contributed by atoms with Gasteiger partial charge in [-0.05, 0) is 47.2 Å². The molecule has 0 saturated carbocycles. The average molecular weight is 636 g/mol. The highest BCUT2D eigenvalue weighted by atomic mass is 35.5. The minimum absolute atomic E-state index is 0.0394. The summed E-state index contributed by atoms with van der Waals surface area (Å²) in [6.07, 6.45) is 0. The lowest BCUT2D eigenvalue weighted by Gasteiger charge is -2.28. The zero-order valence-corrected chi connectivity index (χ0v) is 25.0. The van der Waals surface area contributed by atoms with Gasteiger partial charge in [-0.15, -0.1) is 10.2 Å². The lowest BCUT2D eigenvalue weighted by Crippen LogP contribution is -2.31. The third-order valence-electron chi connectivity index (χ3n) is 6.50. The van der Waals surface area contributed by atoms with Crippen LogP contribution in [0.15, 0.2) is 88.4 Å². The Balaban J connectivity index is 1.27. The van der Waals surface area contributed by atoms with Crippen LogP contribution in [-0.2, 0) is 16.1 Å². The molecule has 0 bridgehead atoms. The monoisotopic (exact) mass is 635 g/mol. The van der Waals surface area contributed by atoms with Crippen LogP contribution in [-0.4, -0.2) is 48.7 Å². The highest BCUT2D eigenvalue weighted by Gasteiger charge is 2.36. The number of halogens is 2. The normalized spacial score (nSPS) is 14.3. The van der Waals surface area contributed by atoms with E-state index in [-0.39, 0.29) is 23.8 Å². The molecule has 1 N–H and O–H groups in total. The van der Waals surface area contributed by atoms with E-state index < -0.39 is 17.8 Å². The molecular formula is C29H23ClFN7O3S2. The molecule has 14 heteroatoms. The summed E-state index contributed by atoms with van der Waals surface area (Å²) in [5, 5.41) is 25.0. The number of carbonyl (C=O) groups is 1. The van der Waals surface area contributed by atoms with Crippen molar-refractivity contribution in [3.05, 3.63) is 106 Å². The van der Waals surface area contributed by atoms with Crippen LogP contribution in [0.25, 0.3) is 10.6 Å². The van der Waals surface area contributed by atoms with Gasteiger partial charge in [0.15, 0.2) is 4.34 Å². The van der Waals surface area contributed by atoms with E-state index in [1.54, 1.807) is 43.3 Å². The minimum atomic E-state index is -0.676. The molecule has 6 rings (SSSR count). The molecule has 3 heterocycles. The topological polar surface area (TPSA) is 117 Å². The Bertz CT molecular complexity index is 1760. The van der Waals surface area contributed by atoms with Crippen molar-refractivity contribution in [1.82, 2.24) is 30.4 Å². The third-order valence-corrected chi connectivity index (χ3v) is 8.99. The number of hydrogen-bond acceptors (Lipinski definition) is 11. The Morgan fingerprint density at radius 1 is 1.07 bits per heavy atom. The van der Waals surface area contributed by atoms with Crippen LogP contribution in [0.3, 0.4) is 0 Å². The van der Waals surface area contributed by atoms with E-state index in [2.05, 4.69) is 31.0 Å². The summed E-state index contributed by atoms with van der Waals surface area (Å²) in [4.78, 5) is 13.4. The Morgan fingerprint density at radius 3 is 2.65 bits per heavy atom. The molecule has 1 aliphatic rings. The van der Waals surface area contributed by atoms with Crippen LogP contribution >= 0.6 is 34.7 Å². The van der Waals surface area contributed by atoms with Crippen LogP contribution in [0.5, 0.6) is 5.75 Å². The lowest BCUT2D eigenvalue weighted by atomic mass is 9.95. The van der Waals surface area contributed by atoms with Crippen molar-refractivity contribution in [2.24, 2.45) is 0 Å². The van der Waals surface area contributed by atoms with E-state index in [1.807, 2.05) is 30.3 Å². The van der Waals surface area contributed by atoms with Crippen molar-refractivity contribution in [1.29, 1.82) is 0 Å². The fourth-order valence-corrected chi connectivity index (χ4v) is 6.52. The van der Waals surface area contributed by atoms with Crippen molar-refractivity contribution in [2.75, 3.05) is 17.7 Å². The molecule has 1 unspecified atom stereocenters. The number of tetrazole rings is 1. The van der Waals surface area contributed by atoms with E-state index in [1.165, 1.54) is 33.8 Å². The minimum Gasteiger partial charge on any atom is -0.489 e. The second-order valence-corrected chi connectivity index (χ2v) is 11.8. The standard InChI is InChI=1S/C29H23ClFN7O3S2/c1-2-40-27(39)24-23(16-42-29-35-33-26(43-29)18-7-4-3-5-8-18)32-28-34-36-37-38(28)25(24)17-11-13-19(14-12-17)41-15-20-21(30)9-6-10-22(20)31/h3-14,25H,2,15-16H2,1H3,(H,32,34,37). The Kier molecular flexibility index (Phi) is 8.63. The molecule has 43 heavy (non-hydrogen) atoms. The van der Waals surface area contributed by atoms with Gasteiger partial charge < -0.3 is 14.8 Å². The summed E-state index contributed by atoms with van der Waals surface area (Å²) in [5.74, 6) is 0.311. The Hall–Kier alpha value is -4.33. The number of nitrogens with zero attached hydrogens (tertiary/aromatic N) is 6. The van der Waals surface area contributed by atoms with Gasteiger partial charge in [-0.3, -0.25) is 0 Å². The first-order valence-corrected chi connectivity index (χ1v) is 15.3. The van der Waals surface area contributed by atoms with Crippen molar-refractivity contribution in [3.63, 3.8) is 0 Å². The number of rotatable bonds is 10. The smallest absolute Gasteiger partial charge is 0.338 e. The Labute approximate surface area is 258 Å². The van der Waals surface area contributed by atoms with Crippen molar-refractivity contribution in [2.45, 2.75) is 23.9 Å². The van der Waals surface area contributed by atoms with Gasteiger partial charge in [0.1, 0.15) is 29.2 Å². The van der Waals surface area contributed by atoms with Crippen LogP contribution in [0.1, 0.15) is 24.1 Å². The first-order chi connectivity index (χ1) is 21.0. The van der Waals surface area contributed by atoms with Gasteiger partial charge in [0.2, 0.25) is 5.95 Å². The number of esters is 1. The molecule has 0 radical (unpaired) electrons. The summed E-state index contributed by atoms with van der Waals surface area (Å²) < 4.78 is 27.7. The molecule has 1 aliphatic heterocycles. The number of benzene rings is 3. The third kappa shape index (κ3) is 6.24. The molecule has 218 valence electrons. The maximum Gasteiger partial charge on any atom is 0.338 e. The van der Waals surface area contributed by atoms with Crippen molar-refractivity contribution >= 4 is 46.6 Å². The van der Waals surface area contributed by atoms with E-state index in [0.29, 0.717) is 28.7 Å². The van der Waals surface area contributed by atoms with Crippen molar-refractivity contribution < 1.29 is 18.7 Å². The van der Waals surface area contributed by atoms with Crippen molar-refractivity contribution in [3.8, 4) is 16.3 Å². The molecule has 3 aromatic carbocycles. The fourth-order valence-electron chi connectivity index (χ4n) is 4.48. The number of ether oxygens (including phenoxy) is 2. The molecular weight excluding hydrogens is 613 g/mol. The lowest BCUT2D eigenvalue weighted by molar-refractivity contribution is -0.139. The molecule has 2 aromatic heterocycles.